The van der Waals surface area contributed by atoms with Crippen LogP contribution in [-0.4, -0.2) is 28.4 Å². The van der Waals surface area contributed by atoms with Crippen molar-refractivity contribution in [2.45, 2.75) is 26.7 Å². The summed E-state index contributed by atoms with van der Waals surface area (Å²) in [7, 11) is 0. The number of benzene rings is 3. The number of amides is 1. The number of aromatic nitrogens is 2. The summed E-state index contributed by atoms with van der Waals surface area (Å²) < 4.78 is 8.30. The molecule has 0 spiro atoms. The molecule has 0 aliphatic carbocycles. The molecule has 10 heteroatoms. The quantitative estimate of drug-likeness (QED) is 0.221. The fourth-order valence-electron chi connectivity index (χ4n) is 3.54. The van der Waals surface area contributed by atoms with Crippen LogP contribution < -0.4 is 15.6 Å². The van der Waals surface area contributed by atoms with Gasteiger partial charge in [0.1, 0.15) is 5.82 Å². The topological polar surface area (TPSA) is 85.6 Å². The summed E-state index contributed by atoms with van der Waals surface area (Å²) in [6, 6.07) is 16.2. The molecule has 0 fully saturated rings. The van der Waals surface area contributed by atoms with Gasteiger partial charge in [0.15, 0.2) is 12.4 Å². The number of carbonyl (C=O) groups is 1. The third kappa shape index (κ3) is 6.47. The van der Waals surface area contributed by atoms with E-state index >= 15 is 0 Å². The molecule has 0 saturated carbocycles. The highest BCUT2D eigenvalue weighted by Gasteiger charge is 2.15. The standard InChI is InChI=1S/C27H23Br2ClN4O3/c1-15(2)26-33-23-9-6-18(28)12-20(23)27(36)34(26)31-13-17-10-21(29)25(22(30)11-17)37-14-24(35)32-19-7-4-16(3)5-8-19/h4-13,15H,14H2,1-3H3,(H,32,35). The number of hydrogen-bond donors (Lipinski definition) is 1. The molecule has 0 radical (unpaired) electrons. The van der Waals surface area contributed by atoms with Crippen LogP contribution in [0.5, 0.6) is 5.75 Å². The number of rotatable bonds is 7. The first-order chi connectivity index (χ1) is 17.6. The average molecular weight is 647 g/mol. The van der Waals surface area contributed by atoms with E-state index in [1.165, 1.54) is 10.9 Å². The Bertz CT molecular complexity index is 1540. The molecule has 3 aromatic carbocycles. The van der Waals surface area contributed by atoms with Gasteiger partial charge < -0.3 is 10.1 Å². The van der Waals surface area contributed by atoms with Gasteiger partial charge in [-0.3, -0.25) is 9.59 Å². The number of fused-ring (bicyclic) bond motifs is 1. The third-order valence-corrected chi connectivity index (χ3v) is 6.74. The van der Waals surface area contributed by atoms with Crippen LogP contribution in [0.4, 0.5) is 5.69 Å². The Labute approximate surface area is 235 Å². The Morgan fingerprint density at radius 1 is 1.16 bits per heavy atom. The molecule has 4 rings (SSSR count). The first-order valence-corrected chi connectivity index (χ1v) is 13.3. The molecule has 190 valence electrons. The van der Waals surface area contributed by atoms with Gasteiger partial charge in [-0.2, -0.15) is 9.78 Å². The van der Waals surface area contributed by atoms with Crippen LogP contribution in [0.25, 0.3) is 10.9 Å². The molecule has 0 aliphatic heterocycles. The monoisotopic (exact) mass is 644 g/mol. The summed E-state index contributed by atoms with van der Waals surface area (Å²) in [5.74, 6) is 0.527. The molecule has 0 atom stereocenters. The van der Waals surface area contributed by atoms with Crippen LogP contribution in [0.2, 0.25) is 5.02 Å². The first kappa shape index (κ1) is 27.0. The molecule has 0 unspecified atom stereocenters. The van der Waals surface area contributed by atoms with E-state index in [4.69, 9.17) is 16.3 Å². The second-order valence-electron chi connectivity index (χ2n) is 8.66. The molecule has 1 amide bonds. The maximum absolute atomic E-state index is 13.2. The van der Waals surface area contributed by atoms with E-state index < -0.39 is 0 Å². The fraction of sp³-hybridized carbons (Fsp3) is 0.185. The smallest absolute Gasteiger partial charge is 0.282 e. The number of carbonyl (C=O) groups excluding carboxylic acids is 1. The first-order valence-electron chi connectivity index (χ1n) is 11.4. The lowest BCUT2D eigenvalue weighted by Gasteiger charge is -2.13. The number of halogens is 3. The summed E-state index contributed by atoms with van der Waals surface area (Å²) in [6.45, 7) is 5.66. The molecule has 1 heterocycles. The molecule has 4 aromatic rings. The van der Waals surface area contributed by atoms with Gasteiger partial charge >= 0.3 is 0 Å². The van der Waals surface area contributed by atoms with Gasteiger partial charge in [-0.25, -0.2) is 4.98 Å². The van der Waals surface area contributed by atoms with E-state index in [0.717, 1.165) is 10.0 Å². The van der Waals surface area contributed by atoms with Crippen LogP contribution in [-0.2, 0) is 4.79 Å². The van der Waals surface area contributed by atoms with Crippen molar-refractivity contribution in [3.8, 4) is 5.75 Å². The summed E-state index contributed by atoms with van der Waals surface area (Å²) in [5.41, 5.74) is 2.76. The van der Waals surface area contributed by atoms with Crippen molar-refractivity contribution >= 4 is 72.2 Å². The van der Waals surface area contributed by atoms with Crippen LogP contribution in [0.1, 0.15) is 36.7 Å². The third-order valence-electron chi connectivity index (χ3n) is 5.38. The number of nitrogens with zero attached hydrogens (tertiary/aromatic N) is 3. The molecule has 0 bridgehead atoms. The molecular formula is C27H23Br2ClN4O3. The Morgan fingerprint density at radius 2 is 1.89 bits per heavy atom. The van der Waals surface area contributed by atoms with Crippen molar-refractivity contribution in [1.29, 1.82) is 0 Å². The van der Waals surface area contributed by atoms with Gasteiger partial charge in [0.25, 0.3) is 11.5 Å². The van der Waals surface area contributed by atoms with Gasteiger partial charge in [-0.15, -0.1) is 0 Å². The predicted octanol–water partition coefficient (Wildman–Crippen LogP) is 6.91. The van der Waals surface area contributed by atoms with Crippen molar-refractivity contribution in [3.05, 3.63) is 95.9 Å². The maximum atomic E-state index is 13.2. The fourth-order valence-corrected chi connectivity index (χ4v) is 4.89. The number of hydrogen-bond acceptors (Lipinski definition) is 5. The predicted molar refractivity (Wildman–Crippen MR) is 155 cm³/mol. The second-order valence-corrected chi connectivity index (χ2v) is 10.8. The van der Waals surface area contributed by atoms with E-state index in [-0.39, 0.29) is 29.0 Å². The number of ether oxygens (including phenoxy) is 1. The van der Waals surface area contributed by atoms with Gasteiger partial charge in [0, 0.05) is 16.1 Å². The molecule has 0 saturated heterocycles. The Kier molecular flexibility index (Phi) is 8.46. The highest BCUT2D eigenvalue weighted by molar-refractivity contribution is 9.10. The zero-order valence-electron chi connectivity index (χ0n) is 20.3. The Balaban J connectivity index is 1.55. The van der Waals surface area contributed by atoms with Crippen molar-refractivity contribution in [3.63, 3.8) is 0 Å². The van der Waals surface area contributed by atoms with Gasteiger partial charge in [-0.1, -0.05) is 59.1 Å². The summed E-state index contributed by atoms with van der Waals surface area (Å²) in [5, 5.41) is 7.96. The summed E-state index contributed by atoms with van der Waals surface area (Å²) in [4.78, 5) is 30.2. The van der Waals surface area contributed by atoms with E-state index in [0.29, 0.717) is 38.2 Å². The molecule has 0 aliphatic rings. The van der Waals surface area contributed by atoms with Gasteiger partial charge in [-0.05, 0) is 70.9 Å². The highest BCUT2D eigenvalue weighted by atomic mass is 79.9. The van der Waals surface area contributed by atoms with Crippen LogP contribution in [0.3, 0.4) is 0 Å². The minimum atomic E-state index is -0.312. The lowest BCUT2D eigenvalue weighted by Crippen LogP contribution is -2.23. The van der Waals surface area contributed by atoms with E-state index in [2.05, 4.69) is 47.3 Å². The van der Waals surface area contributed by atoms with Crippen molar-refractivity contribution in [2.75, 3.05) is 11.9 Å². The van der Waals surface area contributed by atoms with E-state index in [1.807, 2.05) is 51.1 Å². The average Bonchev–Trinajstić information content (AvgIpc) is 2.84. The second kappa shape index (κ2) is 11.6. The molecule has 37 heavy (non-hydrogen) atoms. The highest BCUT2D eigenvalue weighted by Crippen LogP contribution is 2.34. The lowest BCUT2D eigenvalue weighted by molar-refractivity contribution is -0.118. The maximum Gasteiger partial charge on any atom is 0.282 e. The molecule has 7 nitrogen and oxygen atoms in total. The Hall–Kier alpha value is -3.01. The normalized spacial score (nSPS) is 11.4. The number of aryl methyl sites for hydroxylation is 1. The molecule has 1 aromatic heterocycles. The van der Waals surface area contributed by atoms with Crippen molar-refractivity contribution in [2.24, 2.45) is 5.10 Å². The minimum Gasteiger partial charge on any atom is -0.481 e. The van der Waals surface area contributed by atoms with Crippen LogP contribution in [0.15, 0.2) is 73.4 Å². The van der Waals surface area contributed by atoms with E-state index in [1.54, 1.807) is 24.3 Å². The summed E-state index contributed by atoms with van der Waals surface area (Å²) >= 11 is 13.3. The lowest BCUT2D eigenvalue weighted by atomic mass is 10.2. The minimum absolute atomic E-state index is 0.0324. The number of anilines is 1. The van der Waals surface area contributed by atoms with Crippen LogP contribution >= 0.6 is 43.5 Å². The number of nitrogens with one attached hydrogen (secondary N) is 1. The molecule has 1 N–H and O–H groups in total. The van der Waals surface area contributed by atoms with Crippen LogP contribution in [0, 0.1) is 6.92 Å². The van der Waals surface area contributed by atoms with Crippen molar-refractivity contribution < 1.29 is 9.53 Å². The van der Waals surface area contributed by atoms with Gasteiger partial charge in [0.2, 0.25) is 0 Å². The zero-order valence-corrected chi connectivity index (χ0v) is 24.2. The van der Waals surface area contributed by atoms with Crippen molar-refractivity contribution in [1.82, 2.24) is 9.66 Å². The zero-order chi connectivity index (χ0) is 26.7. The Morgan fingerprint density at radius 3 is 2.57 bits per heavy atom. The van der Waals surface area contributed by atoms with E-state index in [9.17, 15) is 9.59 Å². The molecular weight excluding hydrogens is 624 g/mol. The SMILES string of the molecule is Cc1ccc(NC(=O)COc2c(Cl)cc(C=Nn3c(C(C)C)nc4ccc(Br)cc4c3=O)cc2Br)cc1. The largest absolute Gasteiger partial charge is 0.481 e. The summed E-state index contributed by atoms with van der Waals surface area (Å²) in [6.07, 6.45) is 1.53. The van der Waals surface area contributed by atoms with Gasteiger partial charge in [0.05, 0.1) is 26.6 Å².